The highest BCUT2D eigenvalue weighted by Gasteiger charge is 2.45. The van der Waals surface area contributed by atoms with Gasteiger partial charge >= 0.3 is 0 Å². The minimum atomic E-state index is -0.180. The van der Waals surface area contributed by atoms with E-state index in [1.165, 1.54) is 11.1 Å². The van der Waals surface area contributed by atoms with Crippen molar-refractivity contribution in [1.29, 1.82) is 0 Å². The summed E-state index contributed by atoms with van der Waals surface area (Å²) in [6.07, 6.45) is 6.39. The zero-order valence-corrected chi connectivity index (χ0v) is 23.0. The van der Waals surface area contributed by atoms with Crippen LogP contribution in [-0.4, -0.2) is 20.7 Å². The lowest BCUT2D eigenvalue weighted by Crippen LogP contribution is -2.26. The van der Waals surface area contributed by atoms with Gasteiger partial charge in [0.2, 0.25) is 0 Å². The van der Waals surface area contributed by atoms with Gasteiger partial charge in [0, 0.05) is 33.7 Å². The third-order valence-electron chi connectivity index (χ3n) is 8.42. The van der Waals surface area contributed by atoms with E-state index in [4.69, 9.17) is 15.0 Å². The molecule has 5 aromatic rings. The largest absolute Gasteiger partial charge is 0.289 e. The molecule has 0 radical (unpaired) electrons. The van der Waals surface area contributed by atoms with Crippen LogP contribution in [0.4, 0.5) is 0 Å². The summed E-state index contributed by atoms with van der Waals surface area (Å²) < 4.78 is 0. The van der Waals surface area contributed by atoms with Crippen LogP contribution >= 0.6 is 0 Å². The summed E-state index contributed by atoms with van der Waals surface area (Å²) in [4.78, 5) is 28.0. The summed E-state index contributed by atoms with van der Waals surface area (Å²) in [5.41, 5.74) is 6.72. The number of fused-ring (bicyclic) bond motifs is 3. The highest BCUT2D eigenvalue weighted by atomic mass is 16.1. The number of ketones is 1. The Kier molecular flexibility index (Phi) is 6.05. The van der Waals surface area contributed by atoms with Crippen molar-refractivity contribution in [3.05, 3.63) is 150 Å². The third-order valence-corrected chi connectivity index (χ3v) is 8.42. The molecule has 0 N–H and O–H groups in total. The molecule has 2 unspecified atom stereocenters. The van der Waals surface area contributed by atoms with E-state index in [2.05, 4.69) is 44.2 Å². The number of allylic oxidation sites excluding steroid dienone is 4. The van der Waals surface area contributed by atoms with Crippen LogP contribution in [0.2, 0.25) is 0 Å². The maximum absolute atomic E-state index is 13.3. The standard InChI is InChI=1S/C37H29N3O/c1-37(2)31-22-27(33(41)24-12-6-3-7-13-24)18-20-29(31)30-21-19-28(23-32(30)37)36-39-34(25-14-8-4-9-15-25)38-35(40-36)26-16-10-5-11-17-26/h3-23,29,31H,1-2H3. The zero-order valence-electron chi connectivity index (χ0n) is 23.0. The van der Waals surface area contributed by atoms with Gasteiger partial charge in [0.15, 0.2) is 23.3 Å². The molecular weight excluding hydrogens is 502 g/mol. The Hall–Kier alpha value is -4.96. The monoisotopic (exact) mass is 531 g/mol. The molecule has 4 heteroatoms. The summed E-state index contributed by atoms with van der Waals surface area (Å²) in [7, 11) is 0. The van der Waals surface area contributed by atoms with E-state index in [0.29, 0.717) is 17.5 Å². The molecule has 2 atom stereocenters. The van der Waals surface area contributed by atoms with E-state index in [0.717, 1.165) is 27.8 Å². The van der Waals surface area contributed by atoms with Crippen LogP contribution in [0.25, 0.3) is 34.2 Å². The molecule has 1 aromatic heterocycles. The summed E-state index contributed by atoms with van der Waals surface area (Å²) in [5.74, 6) is 2.42. The summed E-state index contributed by atoms with van der Waals surface area (Å²) >= 11 is 0. The van der Waals surface area contributed by atoms with Gasteiger partial charge < -0.3 is 0 Å². The molecule has 0 aliphatic heterocycles. The predicted octanol–water partition coefficient (Wildman–Crippen LogP) is 8.24. The molecule has 41 heavy (non-hydrogen) atoms. The van der Waals surface area contributed by atoms with E-state index in [1.54, 1.807) is 0 Å². The maximum Gasteiger partial charge on any atom is 0.192 e. The van der Waals surface area contributed by atoms with Crippen LogP contribution < -0.4 is 0 Å². The number of rotatable bonds is 5. The first-order valence-electron chi connectivity index (χ1n) is 14.0. The highest BCUT2D eigenvalue weighted by molar-refractivity contribution is 6.10. The lowest BCUT2D eigenvalue weighted by Gasteiger charge is -2.30. The lowest BCUT2D eigenvalue weighted by molar-refractivity contribution is 0.103. The van der Waals surface area contributed by atoms with Crippen molar-refractivity contribution in [2.24, 2.45) is 5.92 Å². The number of carbonyl (C=O) groups excluding carboxylic acids is 1. The molecule has 0 bridgehead atoms. The molecule has 0 amide bonds. The van der Waals surface area contributed by atoms with E-state index in [1.807, 2.05) is 97.1 Å². The van der Waals surface area contributed by atoms with Crippen molar-refractivity contribution in [3.63, 3.8) is 0 Å². The normalized spacial score (nSPS) is 18.3. The van der Waals surface area contributed by atoms with E-state index < -0.39 is 0 Å². The first-order valence-corrected chi connectivity index (χ1v) is 14.0. The highest BCUT2D eigenvalue weighted by Crippen LogP contribution is 2.54. The smallest absolute Gasteiger partial charge is 0.192 e. The fourth-order valence-electron chi connectivity index (χ4n) is 6.20. The molecule has 2 aliphatic carbocycles. The zero-order chi connectivity index (χ0) is 28.0. The van der Waals surface area contributed by atoms with Gasteiger partial charge in [-0.2, -0.15) is 0 Å². The quantitative estimate of drug-likeness (QED) is 0.214. The fourth-order valence-corrected chi connectivity index (χ4v) is 6.20. The average molecular weight is 532 g/mol. The van der Waals surface area contributed by atoms with Crippen LogP contribution in [-0.2, 0) is 5.41 Å². The SMILES string of the molecule is CC1(C)c2cc(-c3nc(-c4ccccc4)nc(-c4ccccc4)n3)ccc2C2C=CC(C(=O)c3ccccc3)=CC21. The predicted molar refractivity (Wildman–Crippen MR) is 163 cm³/mol. The average Bonchev–Trinajstić information content (AvgIpc) is 3.27. The molecule has 1 heterocycles. The Labute approximate surface area is 240 Å². The number of hydrogen-bond donors (Lipinski definition) is 0. The van der Waals surface area contributed by atoms with Crippen LogP contribution in [0.15, 0.2) is 133 Å². The number of benzene rings is 4. The molecular formula is C37H29N3O. The Bertz CT molecular complexity index is 1770. The number of carbonyl (C=O) groups is 1. The van der Waals surface area contributed by atoms with E-state index in [-0.39, 0.29) is 23.0 Å². The first kappa shape index (κ1) is 25.0. The van der Waals surface area contributed by atoms with E-state index >= 15 is 0 Å². The first-order chi connectivity index (χ1) is 20.0. The molecule has 4 nitrogen and oxygen atoms in total. The topological polar surface area (TPSA) is 55.7 Å². The van der Waals surface area contributed by atoms with Crippen molar-refractivity contribution < 1.29 is 4.79 Å². The number of nitrogens with zero attached hydrogens (tertiary/aromatic N) is 3. The van der Waals surface area contributed by atoms with Gasteiger partial charge in [-0.3, -0.25) is 4.79 Å². The summed E-state index contributed by atoms with van der Waals surface area (Å²) in [6.45, 7) is 4.55. The van der Waals surface area contributed by atoms with Gasteiger partial charge in [-0.25, -0.2) is 15.0 Å². The summed E-state index contributed by atoms with van der Waals surface area (Å²) in [6, 6.07) is 36.2. The minimum Gasteiger partial charge on any atom is -0.289 e. The molecule has 2 aliphatic rings. The van der Waals surface area contributed by atoms with Gasteiger partial charge in [-0.1, -0.05) is 135 Å². The molecule has 0 fully saturated rings. The molecule has 0 saturated carbocycles. The van der Waals surface area contributed by atoms with Gasteiger partial charge in [0.1, 0.15) is 0 Å². The van der Waals surface area contributed by atoms with Crippen molar-refractivity contribution in [2.45, 2.75) is 25.2 Å². The molecule has 0 saturated heterocycles. The van der Waals surface area contributed by atoms with E-state index in [9.17, 15) is 4.79 Å². The van der Waals surface area contributed by atoms with Crippen LogP contribution in [0.3, 0.4) is 0 Å². The van der Waals surface area contributed by atoms with Crippen LogP contribution in [0.5, 0.6) is 0 Å². The Balaban J connectivity index is 1.30. The maximum atomic E-state index is 13.3. The van der Waals surface area contributed by atoms with Crippen molar-refractivity contribution in [1.82, 2.24) is 15.0 Å². The number of Topliss-reactive ketones (excluding diaryl/α,β-unsaturated/α-hetero) is 1. The second-order valence-electron chi connectivity index (χ2n) is 11.3. The van der Waals surface area contributed by atoms with Crippen molar-refractivity contribution in [3.8, 4) is 34.2 Å². The molecule has 198 valence electrons. The number of aromatic nitrogens is 3. The fraction of sp³-hybridized carbons (Fsp3) is 0.135. The summed E-state index contributed by atoms with van der Waals surface area (Å²) in [5, 5.41) is 0. The van der Waals surface area contributed by atoms with Crippen molar-refractivity contribution in [2.75, 3.05) is 0 Å². The molecule has 7 rings (SSSR count). The van der Waals surface area contributed by atoms with Gasteiger partial charge in [0.05, 0.1) is 0 Å². The Morgan fingerprint density at radius 3 is 1.78 bits per heavy atom. The van der Waals surface area contributed by atoms with Crippen LogP contribution in [0, 0.1) is 5.92 Å². The third kappa shape index (κ3) is 4.42. The van der Waals surface area contributed by atoms with Gasteiger partial charge in [0.25, 0.3) is 0 Å². The Morgan fingerprint density at radius 1 is 0.659 bits per heavy atom. The van der Waals surface area contributed by atoms with Gasteiger partial charge in [-0.15, -0.1) is 0 Å². The lowest BCUT2D eigenvalue weighted by atomic mass is 9.73. The number of hydrogen-bond acceptors (Lipinski definition) is 4. The second kappa shape index (κ2) is 9.90. The van der Waals surface area contributed by atoms with Crippen molar-refractivity contribution >= 4 is 5.78 Å². The second-order valence-corrected chi connectivity index (χ2v) is 11.3. The Morgan fingerprint density at radius 2 is 1.20 bits per heavy atom. The molecule has 4 aromatic carbocycles. The van der Waals surface area contributed by atoms with Crippen LogP contribution in [0.1, 0.15) is 41.3 Å². The van der Waals surface area contributed by atoms with Gasteiger partial charge in [-0.05, 0) is 28.5 Å². The molecule has 0 spiro atoms. The minimum absolute atomic E-state index is 0.0693.